The van der Waals surface area contributed by atoms with Gasteiger partial charge in [0, 0.05) is 30.3 Å². The van der Waals surface area contributed by atoms with Gasteiger partial charge in [-0.25, -0.2) is 0 Å². The molecule has 0 spiro atoms. The van der Waals surface area contributed by atoms with E-state index in [4.69, 9.17) is 11.6 Å². The lowest BCUT2D eigenvalue weighted by Crippen LogP contribution is -2.33. The second kappa shape index (κ2) is 9.22. The summed E-state index contributed by atoms with van der Waals surface area (Å²) in [6, 6.07) is 7.91. The molecule has 108 valence electrons. The molecule has 19 heavy (non-hydrogen) atoms. The number of benzene rings is 1. The maximum absolute atomic E-state index is 5.97. The van der Waals surface area contributed by atoms with Gasteiger partial charge >= 0.3 is 0 Å². The van der Waals surface area contributed by atoms with Crippen molar-refractivity contribution >= 4 is 17.3 Å². The first-order valence-electron chi connectivity index (χ1n) is 7.41. The van der Waals surface area contributed by atoms with E-state index in [0.717, 1.165) is 36.3 Å². The molecule has 1 N–H and O–H groups in total. The molecule has 0 fully saturated rings. The molecule has 0 amide bonds. The summed E-state index contributed by atoms with van der Waals surface area (Å²) in [5, 5.41) is 4.22. The van der Waals surface area contributed by atoms with Crippen LogP contribution in [0.4, 0.5) is 5.69 Å². The Bertz CT molecular complexity index is 350. The van der Waals surface area contributed by atoms with Crippen molar-refractivity contribution < 1.29 is 0 Å². The number of hydrogen-bond donors (Lipinski definition) is 1. The fourth-order valence-electron chi connectivity index (χ4n) is 2.25. The van der Waals surface area contributed by atoms with Gasteiger partial charge in [-0.2, -0.15) is 0 Å². The van der Waals surface area contributed by atoms with Crippen molar-refractivity contribution in [1.29, 1.82) is 0 Å². The highest BCUT2D eigenvalue weighted by atomic mass is 35.5. The maximum Gasteiger partial charge on any atom is 0.0426 e. The normalized spacial score (nSPS) is 11.3. The predicted octanol–water partition coefficient (Wildman–Crippen LogP) is 4.51. The van der Waals surface area contributed by atoms with Crippen molar-refractivity contribution in [3.8, 4) is 0 Å². The number of hydrogen-bond acceptors (Lipinski definition) is 2. The van der Waals surface area contributed by atoms with E-state index in [1.165, 1.54) is 19.4 Å². The molecule has 2 nitrogen and oxygen atoms in total. The van der Waals surface area contributed by atoms with E-state index in [9.17, 15) is 0 Å². The number of nitrogens with zero attached hydrogens (tertiary/aromatic N) is 1. The average molecular weight is 283 g/mol. The monoisotopic (exact) mass is 282 g/mol. The summed E-state index contributed by atoms with van der Waals surface area (Å²) in [6.45, 7) is 11.2. The van der Waals surface area contributed by atoms with Crippen LogP contribution in [-0.4, -0.2) is 31.1 Å². The van der Waals surface area contributed by atoms with Crippen molar-refractivity contribution in [2.45, 2.75) is 33.6 Å². The fraction of sp³-hybridized carbons (Fsp3) is 0.625. The zero-order valence-electron chi connectivity index (χ0n) is 12.5. The zero-order chi connectivity index (χ0) is 14.1. The van der Waals surface area contributed by atoms with Crippen molar-refractivity contribution in [1.82, 2.24) is 4.90 Å². The van der Waals surface area contributed by atoms with Crippen LogP contribution < -0.4 is 5.32 Å². The molecular weight excluding hydrogens is 256 g/mol. The molecule has 3 heteroatoms. The number of rotatable bonds is 9. The minimum Gasteiger partial charge on any atom is -0.384 e. The Hall–Kier alpha value is -0.730. The first-order chi connectivity index (χ1) is 9.19. The number of halogens is 1. The topological polar surface area (TPSA) is 15.3 Å². The molecule has 0 aromatic heterocycles. The second-order valence-electron chi connectivity index (χ2n) is 5.01. The van der Waals surface area contributed by atoms with Crippen LogP contribution in [0.1, 0.15) is 33.6 Å². The Kier molecular flexibility index (Phi) is 7.92. The summed E-state index contributed by atoms with van der Waals surface area (Å²) >= 11 is 5.97. The van der Waals surface area contributed by atoms with Crippen LogP contribution in [0.3, 0.4) is 0 Å². The average Bonchev–Trinajstić information content (AvgIpc) is 2.43. The molecular formula is C16H27ClN2. The third-order valence-electron chi connectivity index (χ3n) is 3.70. The van der Waals surface area contributed by atoms with Gasteiger partial charge in [-0.15, -0.1) is 0 Å². The van der Waals surface area contributed by atoms with Crippen molar-refractivity contribution in [2.75, 3.05) is 31.5 Å². The van der Waals surface area contributed by atoms with Gasteiger partial charge in [-0.3, -0.25) is 0 Å². The third-order valence-corrected chi connectivity index (χ3v) is 3.94. The van der Waals surface area contributed by atoms with E-state index < -0.39 is 0 Å². The van der Waals surface area contributed by atoms with E-state index in [0.29, 0.717) is 0 Å². The Morgan fingerprint density at radius 3 is 2.53 bits per heavy atom. The Morgan fingerprint density at radius 2 is 1.95 bits per heavy atom. The van der Waals surface area contributed by atoms with Crippen molar-refractivity contribution in [2.24, 2.45) is 5.92 Å². The molecule has 1 aromatic rings. The lowest BCUT2D eigenvalue weighted by Gasteiger charge is -2.25. The summed E-state index contributed by atoms with van der Waals surface area (Å²) in [4.78, 5) is 2.52. The summed E-state index contributed by atoms with van der Waals surface area (Å²) in [7, 11) is 0. The summed E-state index contributed by atoms with van der Waals surface area (Å²) in [6.07, 6.45) is 2.55. The van der Waals surface area contributed by atoms with E-state index in [1.54, 1.807) is 0 Å². The summed E-state index contributed by atoms with van der Waals surface area (Å²) < 4.78 is 0. The molecule has 0 aliphatic rings. The lowest BCUT2D eigenvalue weighted by molar-refractivity contribution is 0.241. The summed E-state index contributed by atoms with van der Waals surface area (Å²) in [5.74, 6) is 0.825. The molecule has 0 radical (unpaired) electrons. The van der Waals surface area contributed by atoms with Crippen LogP contribution in [0.15, 0.2) is 24.3 Å². The molecule has 1 aromatic carbocycles. The van der Waals surface area contributed by atoms with Gasteiger partial charge in [0.05, 0.1) is 0 Å². The Morgan fingerprint density at radius 1 is 1.21 bits per heavy atom. The van der Waals surface area contributed by atoms with Gasteiger partial charge in [0.25, 0.3) is 0 Å². The predicted molar refractivity (Wildman–Crippen MR) is 86.1 cm³/mol. The van der Waals surface area contributed by atoms with Gasteiger partial charge in [-0.05, 0) is 30.7 Å². The first-order valence-corrected chi connectivity index (χ1v) is 7.79. The maximum atomic E-state index is 5.97. The van der Waals surface area contributed by atoms with Crippen molar-refractivity contribution in [3.63, 3.8) is 0 Å². The molecule has 0 heterocycles. The van der Waals surface area contributed by atoms with Crippen molar-refractivity contribution in [3.05, 3.63) is 29.3 Å². The Balaban J connectivity index is 2.33. The van der Waals surface area contributed by atoms with Crippen LogP contribution in [0.5, 0.6) is 0 Å². The SMILES string of the molecule is CCC(CC)CN(CC)CCNc1cccc(Cl)c1. The zero-order valence-corrected chi connectivity index (χ0v) is 13.2. The molecule has 0 aliphatic carbocycles. The van der Waals surface area contributed by atoms with E-state index in [2.05, 4.69) is 37.1 Å². The minimum atomic E-state index is 0.786. The summed E-state index contributed by atoms with van der Waals surface area (Å²) in [5.41, 5.74) is 1.10. The van der Waals surface area contributed by atoms with Gasteiger partial charge in [-0.1, -0.05) is 51.3 Å². The van der Waals surface area contributed by atoms with Crippen LogP contribution in [0.2, 0.25) is 5.02 Å². The van der Waals surface area contributed by atoms with Crippen LogP contribution in [0.25, 0.3) is 0 Å². The van der Waals surface area contributed by atoms with Crippen LogP contribution >= 0.6 is 11.6 Å². The minimum absolute atomic E-state index is 0.786. The van der Waals surface area contributed by atoms with Crippen LogP contribution in [-0.2, 0) is 0 Å². The van der Waals surface area contributed by atoms with Crippen LogP contribution in [0, 0.1) is 5.92 Å². The molecule has 0 saturated heterocycles. The standard InChI is InChI=1S/C16H27ClN2/c1-4-14(5-2)13-19(6-3)11-10-18-16-9-7-8-15(17)12-16/h7-9,12,14,18H,4-6,10-11,13H2,1-3H3. The van der Waals surface area contributed by atoms with Gasteiger partial charge in [0.15, 0.2) is 0 Å². The quantitative estimate of drug-likeness (QED) is 0.717. The van der Waals surface area contributed by atoms with Gasteiger partial charge < -0.3 is 10.2 Å². The van der Waals surface area contributed by atoms with E-state index in [1.807, 2.05) is 18.2 Å². The molecule has 0 atom stereocenters. The van der Waals surface area contributed by atoms with Gasteiger partial charge in [0.1, 0.15) is 0 Å². The largest absolute Gasteiger partial charge is 0.384 e. The lowest BCUT2D eigenvalue weighted by atomic mass is 10.0. The Labute approximate surface area is 123 Å². The number of nitrogens with one attached hydrogen (secondary N) is 1. The number of likely N-dealkylation sites (N-methyl/N-ethyl adjacent to an activating group) is 1. The molecule has 0 bridgehead atoms. The molecule has 0 saturated carbocycles. The second-order valence-corrected chi connectivity index (χ2v) is 5.45. The molecule has 1 rings (SSSR count). The molecule has 0 aliphatic heterocycles. The fourth-order valence-corrected chi connectivity index (χ4v) is 2.44. The first kappa shape index (κ1) is 16.3. The highest BCUT2D eigenvalue weighted by molar-refractivity contribution is 6.30. The molecule has 0 unspecified atom stereocenters. The smallest absolute Gasteiger partial charge is 0.0426 e. The third kappa shape index (κ3) is 6.31. The van der Waals surface area contributed by atoms with Gasteiger partial charge in [0.2, 0.25) is 0 Å². The van der Waals surface area contributed by atoms with E-state index >= 15 is 0 Å². The van der Waals surface area contributed by atoms with E-state index in [-0.39, 0.29) is 0 Å². The number of anilines is 1. The highest BCUT2D eigenvalue weighted by Gasteiger charge is 2.09. The highest BCUT2D eigenvalue weighted by Crippen LogP contribution is 2.14.